The Labute approximate surface area is 192 Å². The van der Waals surface area contributed by atoms with Crippen molar-refractivity contribution in [3.8, 4) is 11.6 Å². The lowest BCUT2D eigenvalue weighted by Crippen LogP contribution is -2.31. The lowest BCUT2D eigenvalue weighted by Gasteiger charge is -2.26. The normalized spacial score (nSPS) is 18.5. The Bertz CT molecular complexity index is 1290. The molecule has 5 rings (SSSR count). The topological polar surface area (TPSA) is 98.7 Å². The van der Waals surface area contributed by atoms with Crippen LogP contribution < -0.4 is 5.32 Å². The monoisotopic (exact) mass is 444 g/mol. The Balaban J connectivity index is 1.16. The summed E-state index contributed by atoms with van der Waals surface area (Å²) in [5.74, 6) is 1.78. The maximum absolute atomic E-state index is 12.8. The van der Waals surface area contributed by atoms with E-state index in [1.165, 1.54) is 11.3 Å². The van der Waals surface area contributed by atoms with Crippen molar-refractivity contribution in [3.05, 3.63) is 59.5 Å². The molecule has 0 aliphatic heterocycles. The van der Waals surface area contributed by atoms with Crippen molar-refractivity contribution in [1.82, 2.24) is 30.0 Å². The summed E-state index contributed by atoms with van der Waals surface area (Å²) < 4.78 is 8.03. The van der Waals surface area contributed by atoms with Crippen LogP contribution in [0, 0.1) is 19.8 Å². The molecule has 3 heterocycles. The molecule has 3 aromatic heterocycles. The highest BCUT2D eigenvalue weighted by molar-refractivity contribution is 5.99. The molecule has 0 spiro atoms. The van der Waals surface area contributed by atoms with E-state index in [4.69, 9.17) is 4.42 Å². The van der Waals surface area contributed by atoms with Crippen LogP contribution in [0.4, 0.5) is 0 Å². The van der Waals surface area contributed by atoms with Gasteiger partial charge < -0.3 is 14.3 Å². The molecule has 0 bridgehead atoms. The molecule has 0 unspecified atom stereocenters. The Morgan fingerprint density at radius 1 is 1.15 bits per heavy atom. The molecule has 1 aromatic carbocycles. The molecule has 33 heavy (non-hydrogen) atoms. The summed E-state index contributed by atoms with van der Waals surface area (Å²) in [6.07, 6.45) is 8.82. The largest absolute Gasteiger partial charge is 0.419 e. The fourth-order valence-corrected chi connectivity index (χ4v) is 4.76. The van der Waals surface area contributed by atoms with Gasteiger partial charge >= 0.3 is 0 Å². The lowest BCUT2D eigenvalue weighted by atomic mass is 9.82. The average molecular weight is 445 g/mol. The van der Waals surface area contributed by atoms with Gasteiger partial charge in [0.1, 0.15) is 5.69 Å². The standard InChI is InChI=1S/C25H28N6O2/c1-15-16(2)31(3)22-9-8-19(12-20(15)22)23(32)28-13-17-4-6-18(7-5-17)24-29-30-25(33-24)21-14-26-10-11-27-21/h8-12,14,17-18H,4-7,13H2,1-3H3,(H,28,32). The van der Waals surface area contributed by atoms with E-state index >= 15 is 0 Å². The van der Waals surface area contributed by atoms with Gasteiger partial charge in [0.15, 0.2) is 0 Å². The SMILES string of the molecule is Cc1c(C)n(C)c2ccc(C(=O)NCC3CCC(c4nnc(-c5cnccn5)o4)CC3)cc12. The van der Waals surface area contributed by atoms with Crippen molar-refractivity contribution in [2.75, 3.05) is 6.54 Å². The third-order valence-electron chi connectivity index (χ3n) is 7.04. The lowest BCUT2D eigenvalue weighted by molar-refractivity contribution is 0.0942. The van der Waals surface area contributed by atoms with E-state index in [1.54, 1.807) is 18.6 Å². The van der Waals surface area contributed by atoms with Gasteiger partial charge in [-0.3, -0.25) is 9.78 Å². The first kappa shape index (κ1) is 21.3. The van der Waals surface area contributed by atoms with Gasteiger partial charge in [0.05, 0.1) is 6.20 Å². The highest BCUT2D eigenvalue weighted by Gasteiger charge is 2.27. The Hall–Kier alpha value is -3.55. The molecule has 1 amide bonds. The van der Waals surface area contributed by atoms with Crippen molar-refractivity contribution in [2.45, 2.75) is 45.4 Å². The van der Waals surface area contributed by atoms with Crippen LogP contribution in [0.15, 0.2) is 41.2 Å². The number of benzene rings is 1. The maximum atomic E-state index is 12.8. The van der Waals surface area contributed by atoms with E-state index in [0.29, 0.717) is 35.5 Å². The third-order valence-corrected chi connectivity index (χ3v) is 7.04. The van der Waals surface area contributed by atoms with Gasteiger partial charge in [-0.2, -0.15) is 0 Å². The number of aromatic nitrogens is 5. The van der Waals surface area contributed by atoms with Crippen LogP contribution in [0.3, 0.4) is 0 Å². The number of hydrogen-bond donors (Lipinski definition) is 1. The molecule has 8 heteroatoms. The van der Waals surface area contributed by atoms with E-state index < -0.39 is 0 Å². The van der Waals surface area contributed by atoms with E-state index in [-0.39, 0.29) is 11.8 Å². The van der Waals surface area contributed by atoms with Crippen LogP contribution in [0.25, 0.3) is 22.5 Å². The quantitative estimate of drug-likeness (QED) is 0.492. The zero-order valence-corrected chi connectivity index (χ0v) is 19.2. The Kier molecular flexibility index (Phi) is 5.66. The number of nitrogens with zero attached hydrogens (tertiary/aromatic N) is 5. The number of hydrogen-bond acceptors (Lipinski definition) is 6. The van der Waals surface area contributed by atoms with Gasteiger partial charge in [-0.15, -0.1) is 10.2 Å². The van der Waals surface area contributed by atoms with Gasteiger partial charge in [-0.05, 0) is 69.2 Å². The molecule has 1 aliphatic carbocycles. The first-order chi connectivity index (χ1) is 16.0. The first-order valence-corrected chi connectivity index (χ1v) is 11.4. The molecular weight excluding hydrogens is 416 g/mol. The molecule has 0 saturated heterocycles. The van der Waals surface area contributed by atoms with Crippen molar-refractivity contribution >= 4 is 16.8 Å². The molecular formula is C25H28N6O2. The number of fused-ring (bicyclic) bond motifs is 1. The van der Waals surface area contributed by atoms with E-state index in [2.05, 4.69) is 50.9 Å². The van der Waals surface area contributed by atoms with Crippen LogP contribution in [0.2, 0.25) is 0 Å². The number of aryl methyl sites for hydroxylation is 2. The second-order valence-electron chi connectivity index (χ2n) is 8.97. The molecule has 1 aliphatic rings. The summed E-state index contributed by atoms with van der Waals surface area (Å²) in [6, 6.07) is 5.96. The molecule has 8 nitrogen and oxygen atoms in total. The van der Waals surface area contributed by atoms with E-state index in [0.717, 1.165) is 36.6 Å². The predicted molar refractivity (Wildman–Crippen MR) is 125 cm³/mol. The first-order valence-electron chi connectivity index (χ1n) is 11.4. The zero-order valence-electron chi connectivity index (χ0n) is 19.2. The van der Waals surface area contributed by atoms with Crippen molar-refractivity contribution in [3.63, 3.8) is 0 Å². The summed E-state index contributed by atoms with van der Waals surface area (Å²) >= 11 is 0. The fourth-order valence-electron chi connectivity index (χ4n) is 4.76. The van der Waals surface area contributed by atoms with Crippen molar-refractivity contribution < 1.29 is 9.21 Å². The Morgan fingerprint density at radius 2 is 1.97 bits per heavy atom. The van der Waals surface area contributed by atoms with Crippen LogP contribution in [0.5, 0.6) is 0 Å². The van der Waals surface area contributed by atoms with Gasteiger partial charge in [-0.25, -0.2) is 4.98 Å². The van der Waals surface area contributed by atoms with Gasteiger partial charge in [0.2, 0.25) is 5.89 Å². The smallest absolute Gasteiger partial charge is 0.267 e. The summed E-state index contributed by atoms with van der Waals surface area (Å²) in [4.78, 5) is 21.1. The molecule has 4 aromatic rings. The van der Waals surface area contributed by atoms with Gasteiger partial charge in [-0.1, -0.05) is 0 Å². The van der Waals surface area contributed by atoms with Crippen LogP contribution in [-0.2, 0) is 7.05 Å². The van der Waals surface area contributed by atoms with E-state index in [9.17, 15) is 4.79 Å². The molecule has 170 valence electrons. The summed E-state index contributed by atoms with van der Waals surface area (Å²) in [5.41, 5.74) is 4.91. The van der Waals surface area contributed by atoms with Crippen LogP contribution >= 0.6 is 0 Å². The zero-order chi connectivity index (χ0) is 22.9. The summed E-state index contributed by atoms with van der Waals surface area (Å²) in [7, 11) is 2.06. The van der Waals surface area contributed by atoms with Crippen molar-refractivity contribution in [2.24, 2.45) is 13.0 Å². The predicted octanol–water partition coefficient (Wildman–Crippen LogP) is 4.34. The maximum Gasteiger partial charge on any atom is 0.267 e. The minimum absolute atomic E-state index is 0.00885. The number of carbonyl (C=O) groups is 1. The second-order valence-corrected chi connectivity index (χ2v) is 8.97. The molecule has 1 saturated carbocycles. The summed E-state index contributed by atoms with van der Waals surface area (Å²) in [5, 5.41) is 12.7. The number of nitrogens with one attached hydrogen (secondary N) is 1. The highest BCUT2D eigenvalue weighted by atomic mass is 16.4. The van der Waals surface area contributed by atoms with Gasteiger partial charge in [0.25, 0.3) is 11.8 Å². The summed E-state index contributed by atoms with van der Waals surface area (Å²) in [6.45, 7) is 4.90. The average Bonchev–Trinajstić information content (AvgIpc) is 3.44. The fraction of sp³-hybridized carbons (Fsp3) is 0.400. The molecule has 0 atom stereocenters. The van der Waals surface area contributed by atoms with Gasteiger partial charge in [0, 0.05) is 54.1 Å². The highest BCUT2D eigenvalue weighted by Crippen LogP contribution is 2.35. The minimum Gasteiger partial charge on any atom is -0.419 e. The van der Waals surface area contributed by atoms with Crippen molar-refractivity contribution in [1.29, 1.82) is 0 Å². The number of carbonyl (C=O) groups excluding carboxylic acids is 1. The molecule has 1 N–H and O–H groups in total. The second kappa shape index (κ2) is 8.77. The minimum atomic E-state index is -0.00885. The Morgan fingerprint density at radius 3 is 2.73 bits per heavy atom. The number of rotatable bonds is 5. The third kappa shape index (κ3) is 4.13. The van der Waals surface area contributed by atoms with Crippen LogP contribution in [-0.4, -0.2) is 37.2 Å². The number of amides is 1. The molecule has 1 fully saturated rings. The van der Waals surface area contributed by atoms with E-state index in [1.807, 2.05) is 18.2 Å². The molecule has 0 radical (unpaired) electrons. The van der Waals surface area contributed by atoms with Crippen LogP contribution in [0.1, 0.15) is 59.1 Å².